The summed E-state index contributed by atoms with van der Waals surface area (Å²) < 4.78 is 26.9. The highest BCUT2D eigenvalue weighted by Crippen LogP contribution is 2.30. The van der Waals surface area contributed by atoms with Crippen molar-refractivity contribution in [3.63, 3.8) is 0 Å². The molecule has 108 valence electrons. The highest BCUT2D eigenvalue weighted by atomic mass is 79.9. The van der Waals surface area contributed by atoms with Crippen LogP contribution in [-0.4, -0.2) is 5.91 Å². The van der Waals surface area contributed by atoms with Crippen LogP contribution in [0.3, 0.4) is 0 Å². The molecule has 0 aliphatic carbocycles. The summed E-state index contributed by atoms with van der Waals surface area (Å²) in [6.45, 7) is 0.344. The average molecular weight is 352 g/mol. The number of amides is 1. The van der Waals surface area contributed by atoms with Gasteiger partial charge in [0.05, 0.1) is 11.0 Å². The number of hydrogen-bond acceptors (Lipinski definition) is 1. The van der Waals surface area contributed by atoms with Crippen molar-refractivity contribution in [2.24, 2.45) is 0 Å². The molecule has 2 aromatic carbocycles. The van der Waals surface area contributed by atoms with Gasteiger partial charge < -0.3 is 4.90 Å². The molecule has 1 aliphatic rings. The Morgan fingerprint density at radius 2 is 1.90 bits per heavy atom. The first-order valence-electron chi connectivity index (χ1n) is 6.57. The number of halogens is 3. The Hall–Kier alpha value is -1.75. The van der Waals surface area contributed by atoms with Crippen LogP contribution in [-0.2, 0) is 17.8 Å². The summed E-state index contributed by atoms with van der Waals surface area (Å²) in [4.78, 5) is 13.8. The second-order valence-electron chi connectivity index (χ2n) is 5.00. The lowest BCUT2D eigenvalue weighted by molar-refractivity contribution is -0.119. The molecule has 2 aromatic rings. The molecule has 2 nitrogen and oxygen atoms in total. The Morgan fingerprint density at radius 1 is 1.10 bits per heavy atom. The third kappa shape index (κ3) is 2.83. The van der Waals surface area contributed by atoms with Crippen molar-refractivity contribution in [1.82, 2.24) is 0 Å². The zero-order chi connectivity index (χ0) is 15.0. The monoisotopic (exact) mass is 351 g/mol. The molecular weight excluding hydrogens is 340 g/mol. The fraction of sp³-hybridized carbons (Fsp3) is 0.188. The Morgan fingerprint density at radius 3 is 2.67 bits per heavy atom. The fourth-order valence-electron chi connectivity index (χ4n) is 2.52. The molecule has 0 saturated carbocycles. The average Bonchev–Trinajstić information content (AvgIpc) is 2.46. The highest BCUT2D eigenvalue weighted by molar-refractivity contribution is 9.10. The lowest BCUT2D eigenvalue weighted by Crippen LogP contribution is -2.34. The lowest BCUT2D eigenvalue weighted by atomic mass is 10.0. The molecule has 0 bridgehead atoms. The molecule has 1 amide bonds. The van der Waals surface area contributed by atoms with Crippen LogP contribution in [0, 0.1) is 11.6 Å². The molecule has 5 heteroatoms. The summed E-state index contributed by atoms with van der Waals surface area (Å²) in [7, 11) is 0. The van der Waals surface area contributed by atoms with E-state index in [1.165, 1.54) is 18.2 Å². The highest BCUT2D eigenvalue weighted by Gasteiger charge is 2.24. The quantitative estimate of drug-likeness (QED) is 0.793. The number of anilines is 1. The van der Waals surface area contributed by atoms with Crippen LogP contribution in [0.25, 0.3) is 0 Å². The number of benzene rings is 2. The second kappa shape index (κ2) is 5.56. The largest absolute Gasteiger partial charge is 0.308 e. The smallest absolute Gasteiger partial charge is 0.227 e. The molecule has 0 N–H and O–H groups in total. The summed E-state index contributed by atoms with van der Waals surface area (Å²) >= 11 is 3.14. The van der Waals surface area contributed by atoms with Crippen LogP contribution in [0.15, 0.2) is 40.9 Å². The first-order chi connectivity index (χ1) is 10.0. The van der Waals surface area contributed by atoms with Gasteiger partial charge in [0.1, 0.15) is 11.6 Å². The summed E-state index contributed by atoms with van der Waals surface area (Å²) in [6.07, 6.45) is 0.911. The van der Waals surface area contributed by atoms with Crippen LogP contribution in [0.5, 0.6) is 0 Å². The molecule has 1 aliphatic heterocycles. The van der Waals surface area contributed by atoms with E-state index in [2.05, 4.69) is 15.9 Å². The summed E-state index contributed by atoms with van der Waals surface area (Å²) in [5.74, 6) is -0.645. The zero-order valence-corrected chi connectivity index (χ0v) is 12.7. The number of carbonyl (C=O) groups excluding carboxylic acids is 1. The number of nitrogens with zero attached hydrogens (tertiary/aromatic N) is 1. The maximum atomic E-state index is 13.3. The number of carbonyl (C=O) groups is 1. The van der Waals surface area contributed by atoms with Crippen LogP contribution in [0.2, 0.25) is 0 Å². The van der Waals surface area contributed by atoms with E-state index in [0.717, 1.165) is 16.8 Å². The van der Waals surface area contributed by atoms with Gasteiger partial charge in [0.25, 0.3) is 0 Å². The van der Waals surface area contributed by atoms with Gasteiger partial charge in [-0.25, -0.2) is 8.78 Å². The van der Waals surface area contributed by atoms with Gasteiger partial charge in [-0.15, -0.1) is 0 Å². The Kier molecular flexibility index (Phi) is 3.76. The first kappa shape index (κ1) is 14.2. The van der Waals surface area contributed by atoms with Gasteiger partial charge in [-0.2, -0.15) is 0 Å². The Bertz CT molecular complexity index is 717. The van der Waals surface area contributed by atoms with E-state index in [9.17, 15) is 13.6 Å². The first-order valence-corrected chi connectivity index (χ1v) is 7.36. The fourth-order valence-corrected chi connectivity index (χ4v) is 2.95. The third-order valence-corrected chi connectivity index (χ3v) is 4.17. The van der Waals surface area contributed by atoms with E-state index in [0.29, 0.717) is 23.9 Å². The molecule has 3 rings (SSSR count). The van der Waals surface area contributed by atoms with Gasteiger partial charge >= 0.3 is 0 Å². The number of hydrogen-bond donors (Lipinski definition) is 0. The van der Waals surface area contributed by atoms with Gasteiger partial charge in [-0.05, 0) is 63.8 Å². The Labute approximate surface area is 129 Å². The standard InChI is InChI=1S/C16H12BrF2NO/c17-13-7-10(1-4-14(13)19)9-20-15-5-3-12(18)8-11(15)2-6-16(20)21/h1,3-5,7-8H,2,6,9H2. The predicted octanol–water partition coefficient (Wildman–Crippen LogP) is 4.21. The van der Waals surface area contributed by atoms with E-state index in [4.69, 9.17) is 0 Å². The molecule has 0 spiro atoms. The normalized spacial score (nSPS) is 14.2. The summed E-state index contributed by atoms with van der Waals surface area (Å²) in [5.41, 5.74) is 2.37. The van der Waals surface area contributed by atoms with E-state index < -0.39 is 0 Å². The SMILES string of the molecule is O=C1CCc2cc(F)ccc2N1Cc1ccc(F)c(Br)c1. The van der Waals surface area contributed by atoms with Gasteiger partial charge in [0.2, 0.25) is 5.91 Å². The minimum Gasteiger partial charge on any atom is -0.308 e. The van der Waals surface area contributed by atoms with Crippen molar-refractivity contribution < 1.29 is 13.6 Å². The van der Waals surface area contributed by atoms with Gasteiger partial charge in [-0.1, -0.05) is 6.07 Å². The van der Waals surface area contributed by atoms with Gasteiger partial charge in [0.15, 0.2) is 0 Å². The number of fused-ring (bicyclic) bond motifs is 1. The van der Waals surface area contributed by atoms with Gasteiger partial charge in [-0.3, -0.25) is 4.79 Å². The third-order valence-electron chi connectivity index (χ3n) is 3.57. The van der Waals surface area contributed by atoms with Gasteiger partial charge in [0, 0.05) is 12.1 Å². The molecule has 0 unspecified atom stereocenters. The number of aryl methyl sites for hydroxylation is 1. The molecule has 21 heavy (non-hydrogen) atoms. The zero-order valence-electron chi connectivity index (χ0n) is 11.1. The van der Waals surface area contributed by atoms with E-state index in [-0.39, 0.29) is 17.5 Å². The minimum atomic E-state index is -0.341. The lowest BCUT2D eigenvalue weighted by Gasteiger charge is -2.29. The van der Waals surface area contributed by atoms with Crippen molar-refractivity contribution in [3.05, 3.63) is 63.6 Å². The topological polar surface area (TPSA) is 20.3 Å². The molecule has 0 atom stereocenters. The van der Waals surface area contributed by atoms with Crippen molar-refractivity contribution in [1.29, 1.82) is 0 Å². The number of rotatable bonds is 2. The van der Waals surface area contributed by atoms with Crippen molar-refractivity contribution in [2.45, 2.75) is 19.4 Å². The summed E-state index contributed by atoms with van der Waals surface area (Å²) in [5, 5.41) is 0. The molecular formula is C16H12BrF2NO. The molecule has 0 aromatic heterocycles. The van der Waals surface area contributed by atoms with Crippen LogP contribution >= 0.6 is 15.9 Å². The molecule has 0 fully saturated rings. The van der Waals surface area contributed by atoms with E-state index in [1.54, 1.807) is 23.1 Å². The molecule has 1 heterocycles. The van der Waals surface area contributed by atoms with Crippen molar-refractivity contribution in [2.75, 3.05) is 4.90 Å². The Balaban J connectivity index is 1.94. The van der Waals surface area contributed by atoms with Crippen LogP contribution in [0.4, 0.5) is 14.5 Å². The predicted molar refractivity (Wildman–Crippen MR) is 80.0 cm³/mol. The van der Waals surface area contributed by atoms with E-state index >= 15 is 0 Å². The van der Waals surface area contributed by atoms with Crippen molar-refractivity contribution >= 4 is 27.5 Å². The maximum Gasteiger partial charge on any atom is 0.227 e. The molecule has 0 radical (unpaired) electrons. The minimum absolute atomic E-state index is 0.00504. The van der Waals surface area contributed by atoms with Crippen molar-refractivity contribution in [3.8, 4) is 0 Å². The summed E-state index contributed by atoms with van der Waals surface area (Å²) in [6, 6.07) is 9.10. The second-order valence-corrected chi connectivity index (χ2v) is 5.86. The van der Waals surface area contributed by atoms with E-state index in [1.807, 2.05) is 0 Å². The molecule has 0 saturated heterocycles. The van der Waals surface area contributed by atoms with Crippen LogP contribution < -0.4 is 4.90 Å². The maximum absolute atomic E-state index is 13.3. The van der Waals surface area contributed by atoms with Crippen LogP contribution in [0.1, 0.15) is 17.5 Å².